The second-order valence-electron chi connectivity index (χ2n) is 16.5. The molecule has 0 saturated carbocycles. The topological polar surface area (TPSA) is 6.48 Å². The zero-order valence-electron chi connectivity index (χ0n) is 40.7. The van der Waals surface area contributed by atoms with Crippen molar-refractivity contribution in [1.82, 2.24) is 0 Å². The lowest BCUT2D eigenvalue weighted by molar-refractivity contribution is 1.28. The molecule has 2 heteroatoms. The van der Waals surface area contributed by atoms with Crippen LogP contribution in [-0.4, -0.2) is 0 Å². The predicted octanol–water partition coefficient (Wildman–Crippen LogP) is 20.1. The van der Waals surface area contributed by atoms with Crippen LogP contribution in [0.15, 0.2) is 280 Å². The first kappa shape index (κ1) is 47.8. The van der Waals surface area contributed by atoms with Crippen molar-refractivity contribution in [3.8, 4) is 44.5 Å². The molecule has 70 heavy (non-hydrogen) atoms. The molecule has 9 aromatic rings. The van der Waals surface area contributed by atoms with Crippen LogP contribution in [0.3, 0.4) is 0 Å². The SMILES string of the molecule is C=C/C=C(\C=C)c1ccc(N(c2ccccc2)c2ccc(-c3ccc(-c4ccc(N(c5ccccc5)c5ccc(C(/C=C\C)=C/C)cc5)cc4)cc3)c(-c3ccc(-c4ccccc4)cc3)c2)cc1.CC. The van der Waals surface area contributed by atoms with Crippen molar-refractivity contribution in [1.29, 1.82) is 0 Å². The second-order valence-corrected chi connectivity index (χ2v) is 16.5. The van der Waals surface area contributed by atoms with Gasteiger partial charge in [0.2, 0.25) is 0 Å². The summed E-state index contributed by atoms with van der Waals surface area (Å²) in [6, 6.07) is 82.9. The quantitative estimate of drug-likeness (QED) is 0.0946. The van der Waals surface area contributed by atoms with Gasteiger partial charge in [-0.05, 0) is 153 Å². The van der Waals surface area contributed by atoms with E-state index in [-0.39, 0.29) is 0 Å². The highest BCUT2D eigenvalue weighted by atomic mass is 15.1. The Kier molecular flexibility index (Phi) is 15.9. The van der Waals surface area contributed by atoms with E-state index in [9.17, 15) is 0 Å². The van der Waals surface area contributed by atoms with E-state index in [0.717, 1.165) is 78.6 Å². The van der Waals surface area contributed by atoms with Gasteiger partial charge in [0.05, 0.1) is 0 Å². The van der Waals surface area contributed by atoms with Gasteiger partial charge in [0.15, 0.2) is 0 Å². The molecule has 0 radical (unpaired) electrons. The molecule has 0 atom stereocenters. The lowest BCUT2D eigenvalue weighted by atomic mass is 9.91. The van der Waals surface area contributed by atoms with Gasteiger partial charge in [0.1, 0.15) is 0 Å². The number of para-hydroxylation sites is 2. The zero-order valence-corrected chi connectivity index (χ0v) is 40.7. The number of nitrogens with zero attached hydrogens (tertiary/aromatic N) is 2. The number of rotatable bonds is 15. The standard InChI is InChI=1S/C66H54N2.C2H6/c1-5-18-49(7-3)52-34-40-61(41-35-52)67(59-22-14-10-15-23-59)62-44-38-56(39-45-62)55-26-30-57(31-27-55)65-47-46-64(48-66(65)58-32-28-54(29-33-58)51-20-12-9-13-21-51)68(60-24-16-11-17-25-60)63-42-36-53(37-43-63)50(8-4)19-6-2;1-2/h5-48H,2,4H2,1,3H3;1-2H3/b18-5-,49-7+,50-19+;. The summed E-state index contributed by atoms with van der Waals surface area (Å²) < 4.78 is 0. The van der Waals surface area contributed by atoms with E-state index in [4.69, 9.17) is 0 Å². The maximum Gasteiger partial charge on any atom is 0.0468 e. The summed E-state index contributed by atoms with van der Waals surface area (Å²) in [7, 11) is 0. The molecule has 0 aliphatic rings. The van der Waals surface area contributed by atoms with Crippen molar-refractivity contribution in [2.45, 2.75) is 27.7 Å². The summed E-state index contributed by atoms with van der Waals surface area (Å²) in [5.41, 5.74) is 20.3. The Hall–Kier alpha value is -8.72. The Bertz CT molecular complexity index is 3200. The predicted molar refractivity (Wildman–Crippen MR) is 306 cm³/mol. The number of hydrogen-bond donors (Lipinski definition) is 0. The van der Waals surface area contributed by atoms with Crippen LogP contribution in [0, 0.1) is 0 Å². The zero-order chi connectivity index (χ0) is 48.7. The molecule has 2 nitrogen and oxygen atoms in total. The van der Waals surface area contributed by atoms with Crippen LogP contribution in [0.5, 0.6) is 0 Å². The average Bonchev–Trinajstić information content (AvgIpc) is 3.44. The highest BCUT2D eigenvalue weighted by Crippen LogP contribution is 2.42. The first-order chi connectivity index (χ1) is 34.5. The number of anilines is 6. The van der Waals surface area contributed by atoms with Crippen LogP contribution < -0.4 is 9.80 Å². The molecule has 0 saturated heterocycles. The fourth-order valence-corrected chi connectivity index (χ4v) is 8.88. The van der Waals surface area contributed by atoms with E-state index < -0.39 is 0 Å². The van der Waals surface area contributed by atoms with Gasteiger partial charge in [-0.3, -0.25) is 0 Å². The normalized spacial score (nSPS) is 11.4. The summed E-state index contributed by atoms with van der Waals surface area (Å²) in [6.45, 7) is 16.1. The Morgan fingerprint density at radius 3 is 1.16 bits per heavy atom. The lowest BCUT2D eigenvalue weighted by Gasteiger charge is -2.27. The minimum absolute atomic E-state index is 1.03. The fraction of sp³-hybridized carbons (Fsp3) is 0.0588. The first-order valence-corrected chi connectivity index (χ1v) is 24.2. The third-order valence-corrected chi connectivity index (χ3v) is 12.3. The maximum absolute atomic E-state index is 4.03. The highest BCUT2D eigenvalue weighted by Gasteiger charge is 2.18. The molecular formula is C68H60N2. The van der Waals surface area contributed by atoms with E-state index in [1.807, 2.05) is 26.0 Å². The van der Waals surface area contributed by atoms with Gasteiger partial charge in [-0.1, -0.05) is 221 Å². The molecule has 0 bridgehead atoms. The minimum atomic E-state index is 1.03. The molecule has 0 heterocycles. The van der Waals surface area contributed by atoms with Crippen LogP contribution in [0.1, 0.15) is 38.8 Å². The van der Waals surface area contributed by atoms with Gasteiger partial charge in [0.25, 0.3) is 0 Å². The van der Waals surface area contributed by atoms with Gasteiger partial charge in [-0.2, -0.15) is 0 Å². The van der Waals surface area contributed by atoms with Crippen molar-refractivity contribution >= 4 is 45.3 Å². The minimum Gasteiger partial charge on any atom is -0.311 e. The number of hydrogen-bond acceptors (Lipinski definition) is 2. The summed E-state index contributed by atoms with van der Waals surface area (Å²) in [6.07, 6.45) is 12.0. The smallest absolute Gasteiger partial charge is 0.0468 e. The van der Waals surface area contributed by atoms with E-state index in [1.165, 1.54) is 22.3 Å². The molecule has 0 N–H and O–H groups in total. The molecule has 0 fully saturated rings. The van der Waals surface area contributed by atoms with Crippen LogP contribution >= 0.6 is 0 Å². The fourth-order valence-electron chi connectivity index (χ4n) is 8.88. The molecule has 9 aromatic carbocycles. The van der Waals surface area contributed by atoms with E-state index >= 15 is 0 Å². The molecule has 0 aromatic heterocycles. The molecule has 0 unspecified atom stereocenters. The van der Waals surface area contributed by atoms with Crippen LogP contribution in [0.25, 0.3) is 55.7 Å². The summed E-state index contributed by atoms with van der Waals surface area (Å²) in [5, 5.41) is 0. The molecule has 0 aliphatic carbocycles. The van der Waals surface area contributed by atoms with Crippen LogP contribution in [-0.2, 0) is 0 Å². The molecular weight excluding hydrogens is 845 g/mol. The summed E-state index contributed by atoms with van der Waals surface area (Å²) in [4.78, 5) is 4.64. The largest absolute Gasteiger partial charge is 0.311 e. The van der Waals surface area contributed by atoms with Crippen molar-refractivity contribution in [3.63, 3.8) is 0 Å². The molecule has 342 valence electrons. The Morgan fingerprint density at radius 1 is 0.357 bits per heavy atom. The number of benzene rings is 9. The Labute approximate surface area is 416 Å². The van der Waals surface area contributed by atoms with E-state index in [2.05, 4.69) is 286 Å². The molecule has 9 rings (SSSR count). The van der Waals surface area contributed by atoms with Gasteiger partial charge >= 0.3 is 0 Å². The third kappa shape index (κ3) is 10.8. The number of allylic oxidation sites excluding steroid dienone is 8. The van der Waals surface area contributed by atoms with Gasteiger partial charge in [-0.25, -0.2) is 0 Å². The van der Waals surface area contributed by atoms with Crippen molar-refractivity contribution in [3.05, 3.63) is 291 Å². The third-order valence-electron chi connectivity index (χ3n) is 12.3. The van der Waals surface area contributed by atoms with Crippen molar-refractivity contribution in [2.75, 3.05) is 9.80 Å². The Morgan fingerprint density at radius 2 is 0.714 bits per heavy atom. The van der Waals surface area contributed by atoms with Crippen molar-refractivity contribution < 1.29 is 0 Å². The van der Waals surface area contributed by atoms with Gasteiger partial charge in [-0.15, -0.1) is 0 Å². The van der Waals surface area contributed by atoms with Gasteiger partial charge in [0, 0.05) is 34.1 Å². The van der Waals surface area contributed by atoms with Gasteiger partial charge < -0.3 is 9.80 Å². The monoisotopic (exact) mass is 904 g/mol. The first-order valence-electron chi connectivity index (χ1n) is 24.2. The molecule has 0 spiro atoms. The van der Waals surface area contributed by atoms with Crippen molar-refractivity contribution in [2.24, 2.45) is 0 Å². The molecule has 0 amide bonds. The Balaban J connectivity index is 0.00000325. The maximum atomic E-state index is 4.03. The summed E-state index contributed by atoms with van der Waals surface area (Å²) >= 11 is 0. The van der Waals surface area contributed by atoms with Crippen LogP contribution in [0.4, 0.5) is 34.1 Å². The van der Waals surface area contributed by atoms with Crippen LogP contribution in [0.2, 0.25) is 0 Å². The van der Waals surface area contributed by atoms with E-state index in [0.29, 0.717) is 0 Å². The lowest BCUT2D eigenvalue weighted by Crippen LogP contribution is -2.10. The average molecular weight is 905 g/mol. The highest BCUT2D eigenvalue weighted by molar-refractivity contribution is 5.90. The molecule has 0 aliphatic heterocycles. The summed E-state index contributed by atoms with van der Waals surface area (Å²) in [5.74, 6) is 0. The second kappa shape index (κ2) is 23.3. The van der Waals surface area contributed by atoms with E-state index in [1.54, 1.807) is 6.08 Å².